The Morgan fingerprint density at radius 2 is 1.87 bits per heavy atom. The minimum Gasteiger partial charge on any atom is -0.480 e. The first kappa shape index (κ1) is 12.0. The SMILES string of the molecule is CC(=O)NCCNC1(C(=O)O)CCCC1. The molecule has 5 nitrogen and oxygen atoms in total. The van der Waals surface area contributed by atoms with Gasteiger partial charge in [-0.2, -0.15) is 0 Å². The van der Waals surface area contributed by atoms with Crippen molar-refractivity contribution in [2.45, 2.75) is 38.1 Å². The van der Waals surface area contributed by atoms with Crippen LogP contribution < -0.4 is 10.6 Å². The smallest absolute Gasteiger partial charge is 0.323 e. The Labute approximate surface area is 89.2 Å². The number of rotatable bonds is 5. The predicted octanol–water partition coefficient (Wildman–Crippen LogP) is 0.109. The Hall–Kier alpha value is -1.10. The second-order valence-electron chi connectivity index (χ2n) is 4.00. The van der Waals surface area contributed by atoms with Crippen LogP contribution in [0.4, 0.5) is 0 Å². The van der Waals surface area contributed by atoms with E-state index in [1.807, 2.05) is 0 Å². The molecule has 5 heteroatoms. The molecule has 1 rings (SSSR count). The molecule has 0 aromatic heterocycles. The molecule has 0 aromatic rings. The summed E-state index contributed by atoms with van der Waals surface area (Å²) in [6.07, 6.45) is 3.28. The van der Waals surface area contributed by atoms with Gasteiger partial charge in [0.15, 0.2) is 0 Å². The zero-order chi connectivity index (χ0) is 11.3. The van der Waals surface area contributed by atoms with Gasteiger partial charge in [0.25, 0.3) is 0 Å². The highest BCUT2D eigenvalue weighted by molar-refractivity contribution is 5.79. The van der Waals surface area contributed by atoms with Crippen molar-refractivity contribution in [3.63, 3.8) is 0 Å². The molecule has 1 aliphatic rings. The number of nitrogens with one attached hydrogen (secondary N) is 2. The maximum Gasteiger partial charge on any atom is 0.323 e. The van der Waals surface area contributed by atoms with Gasteiger partial charge in [-0.05, 0) is 12.8 Å². The molecule has 3 N–H and O–H groups in total. The molecule has 1 saturated carbocycles. The Kier molecular flexibility index (Phi) is 4.08. The van der Waals surface area contributed by atoms with Gasteiger partial charge < -0.3 is 15.7 Å². The normalized spacial score (nSPS) is 18.7. The van der Waals surface area contributed by atoms with Crippen molar-refractivity contribution >= 4 is 11.9 Å². The molecule has 0 aromatic carbocycles. The average molecular weight is 214 g/mol. The topological polar surface area (TPSA) is 78.4 Å². The summed E-state index contributed by atoms with van der Waals surface area (Å²) in [6, 6.07) is 0. The molecule has 0 unspecified atom stereocenters. The average Bonchev–Trinajstić information content (AvgIpc) is 2.62. The highest BCUT2D eigenvalue weighted by Gasteiger charge is 2.40. The number of amides is 1. The first-order valence-corrected chi connectivity index (χ1v) is 5.30. The molecule has 1 fully saturated rings. The number of carbonyl (C=O) groups is 2. The van der Waals surface area contributed by atoms with Gasteiger partial charge in [0.05, 0.1) is 0 Å². The fourth-order valence-electron chi connectivity index (χ4n) is 1.99. The van der Waals surface area contributed by atoms with Crippen LogP contribution in [0, 0.1) is 0 Å². The van der Waals surface area contributed by atoms with Crippen molar-refractivity contribution < 1.29 is 14.7 Å². The molecule has 0 saturated heterocycles. The van der Waals surface area contributed by atoms with Crippen molar-refractivity contribution in [1.82, 2.24) is 10.6 Å². The van der Waals surface area contributed by atoms with Gasteiger partial charge in [0.2, 0.25) is 5.91 Å². The monoisotopic (exact) mass is 214 g/mol. The summed E-state index contributed by atoms with van der Waals surface area (Å²) in [6.45, 7) is 2.43. The second-order valence-corrected chi connectivity index (χ2v) is 4.00. The van der Waals surface area contributed by atoms with Crippen LogP contribution in [0.2, 0.25) is 0 Å². The third-order valence-electron chi connectivity index (χ3n) is 2.83. The highest BCUT2D eigenvalue weighted by Crippen LogP contribution is 2.29. The van der Waals surface area contributed by atoms with Crippen molar-refractivity contribution in [2.24, 2.45) is 0 Å². The molecular formula is C10H18N2O3. The fourth-order valence-corrected chi connectivity index (χ4v) is 1.99. The van der Waals surface area contributed by atoms with E-state index in [2.05, 4.69) is 10.6 Å². The number of carboxylic acids is 1. The van der Waals surface area contributed by atoms with E-state index >= 15 is 0 Å². The fraction of sp³-hybridized carbons (Fsp3) is 0.800. The lowest BCUT2D eigenvalue weighted by Crippen LogP contribution is -2.51. The van der Waals surface area contributed by atoms with E-state index in [9.17, 15) is 9.59 Å². The third-order valence-corrected chi connectivity index (χ3v) is 2.83. The lowest BCUT2D eigenvalue weighted by Gasteiger charge is -2.25. The standard InChI is InChI=1S/C10H18N2O3/c1-8(13)11-6-7-12-10(9(14)15)4-2-3-5-10/h12H,2-7H2,1H3,(H,11,13)(H,14,15). The van der Waals surface area contributed by atoms with E-state index in [1.54, 1.807) is 0 Å². The number of carbonyl (C=O) groups excluding carboxylic acids is 1. The predicted molar refractivity (Wildman–Crippen MR) is 55.5 cm³/mol. The van der Waals surface area contributed by atoms with Crippen molar-refractivity contribution in [3.05, 3.63) is 0 Å². The summed E-state index contributed by atoms with van der Waals surface area (Å²) >= 11 is 0. The zero-order valence-electron chi connectivity index (χ0n) is 9.01. The van der Waals surface area contributed by atoms with Gasteiger partial charge in [-0.1, -0.05) is 12.8 Å². The first-order valence-electron chi connectivity index (χ1n) is 5.30. The van der Waals surface area contributed by atoms with Gasteiger partial charge in [0.1, 0.15) is 5.54 Å². The lowest BCUT2D eigenvalue weighted by atomic mass is 9.98. The molecule has 0 bridgehead atoms. The zero-order valence-corrected chi connectivity index (χ0v) is 9.01. The van der Waals surface area contributed by atoms with Crippen molar-refractivity contribution in [2.75, 3.05) is 13.1 Å². The third kappa shape index (κ3) is 3.20. The van der Waals surface area contributed by atoms with Crippen LogP contribution in [-0.4, -0.2) is 35.6 Å². The minimum atomic E-state index is -0.775. The maximum absolute atomic E-state index is 11.1. The number of carboxylic acid groups (broad SMARTS) is 1. The Morgan fingerprint density at radius 3 is 2.33 bits per heavy atom. The van der Waals surface area contributed by atoms with Gasteiger partial charge in [-0.15, -0.1) is 0 Å². The number of hydrogen-bond acceptors (Lipinski definition) is 3. The molecule has 0 heterocycles. The van der Waals surface area contributed by atoms with Crippen molar-refractivity contribution in [1.29, 1.82) is 0 Å². The Morgan fingerprint density at radius 1 is 1.27 bits per heavy atom. The molecule has 15 heavy (non-hydrogen) atoms. The van der Waals surface area contributed by atoms with Crippen LogP contribution >= 0.6 is 0 Å². The summed E-state index contributed by atoms with van der Waals surface area (Å²) in [5.41, 5.74) is -0.752. The maximum atomic E-state index is 11.1. The van der Waals surface area contributed by atoms with Crippen LogP contribution in [0.5, 0.6) is 0 Å². The molecule has 0 atom stereocenters. The highest BCUT2D eigenvalue weighted by atomic mass is 16.4. The van der Waals surface area contributed by atoms with E-state index in [-0.39, 0.29) is 5.91 Å². The first-order chi connectivity index (χ1) is 7.07. The summed E-state index contributed by atoms with van der Waals surface area (Å²) in [5, 5.41) is 14.8. The number of hydrogen-bond donors (Lipinski definition) is 3. The van der Waals surface area contributed by atoms with Gasteiger partial charge in [0, 0.05) is 20.0 Å². The van der Waals surface area contributed by atoms with Crippen molar-refractivity contribution in [3.8, 4) is 0 Å². The van der Waals surface area contributed by atoms with Gasteiger partial charge >= 0.3 is 5.97 Å². The minimum absolute atomic E-state index is 0.0902. The van der Waals surface area contributed by atoms with Crippen LogP contribution in [0.3, 0.4) is 0 Å². The Balaban J connectivity index is 2.33. The molecule has 1 aliphatic carbocycles. The quantitative estimate of drug-likeness (QED) is 0.568. The molecule has 1 amide bonds. The molecule has 0 radical (unpaired) electrons. The van der Waals surface area contributed by atoms with Crippen LogP contribution in [0.25, 0.3) is 0 Å². The van der Waals surface area contributed by atoms with E-state index in [4.69, 9.17) is 5.11 Å². The summed E-state index contributed by atoms with van der Waals surface area (Å²) in [5.74, 6) is -0.865. The number of aliphatic carboxylic acids is 1. The molecular weight excluding hydrogens is 196 g/mol. The van der Waals surface area contributed by atoms with E-state index in [0.29, 0.717) is 25.9 Å². The van der Waals surface area contributed by atoms with Gasteiger partial charge in [-0.25, -0.2) is 0 Å². The van der Waals surface area contributed by atoms with E-state index in [0.717, 1.165) is 12.8 Å². The molecule has 0 spiro atoms. The van der Waals surface area contributed by atoms with Crippen LogP contribution in [0.1, 0.15) is 32.6 Å². The largest absolute Gasteiger partial charge is 0.480 e. The summed E-state index contributed by atoms with van der Waals surface area (Å²) in [4.78, 5) is 21.7. The van der Waals surface area contributed by atoms with Gasteiger partial charge in [-0.3, -0.25) is 9.59 Å². The van der Waals surface area contributed by atoms with Crippen LogP contribution in [-0.2, 0) is 9.59 Å². The summed E-state index contributed by atoms with van der Waals surface area (Å²) < 4.78 is 0. The van der Waals surface area contributed by atoms with E-state index < -0.39 is 11.5 Å². The van der Waals surface area contributed by atoms with E-state index in [1.165, 1.54) is 6.92 Å². The molecule has 0 aliphatic heterocycles. The van der Waals surface area contributed by atoms with Crippen LogP contribution in [0.15, 0.2) is 0 Å². The summed E-state index contributed by atoms with van der Waals surface area (Å²) in [7, 11) is 0. The Bertz CT molecular complexity index is 247. The molecule has 86 valence electrons. The second kappa shape index (κ2) is 5.11. The lowest BCUT2D eigenvalue weighted by molar-refractivity contribution is -0.144.